The van der Waals surface area contributed by atoms with Crippen LogP contribution in [0.2, 0.25) is 0 Å². The quantitative estimate of drug-likeness (QED) is 0.426. The van der Waals surface area contributed by atoms with Crippen molar-refractivity contribution in [3.63, 3.8) is 0 Å². The molecule has 1 saturated heterocycles. The Kier molecular flexibility index (Phi) is 6.31. The van der Waals surface area contributed by atoms with Crippen molar-refractivity contribution in [2.24, 2.45) is 0 Å². The Labute approximate surface area is 173 Å². The van der Waals surface area contributed by atoms with Crippen LogP contribution in [0.4, 0.5) is 11.4 Å². The third-order valence-electron chi connectivity index (χ3n) is 4.68. The first kappa shape index (κ1) is 20.8. The number of methoxy groups -OCH3 is 2. The maximum Gasteiger partial charge on any atom is 0.269 e. The molecule has 9 nitrogen and oxygen atoms in total. The lowest BCUT2D eigenvalue weighted by molar-refractivity contribution is -0.384. The van der Waals surface area contributed by atoms with Gasteiger partial charge in [0.05, 0.1) is 25.2 Å². The van der Waals surface area contributed by atoms with Crippen LogP contribution in [0.15, 0.2) is 48.5 Å². The number of nitrogens with zero attached hydrogens (tertiary/aromatic N) is 2. The van der Waals surface area contributed by atoms with Gasteiger partial charge in [-0.2, -0.15) is 0 Å². The van der Waals surface area contributed by atoms with Crippen LogP contribution in [0.5, 0.6) is 11.5 Å². The van der Waals surface area contributed by atoms with E-state index in [0.29, 0.717) is 29.3 Å². The minimum atomic E-state index is -0.485. The predicted molar refractivity (Wildman–Crippen MR) is 111 cm³/mol. The Hall–Kier alpha value is -3.88. The lowest BCUT2D eigenvalue weighted by atomic mass is 10.2. The van der Waals surface area contributed by atoms with E-state index in [1.165, 1.54) is 32.4 Å². The summed E-state index contributed by atoms with van der Waals surface area (Å²) in [4.78, 5) is 36.4. The van der Waals surface area contributed by atoms with E-state index in [9.17, 15) is 19.7 Å². The van der Waals surface area contributed by atoms with Crippen LogP contribution in [0.25, 0.3) is 6.08 Å². The Morgan fingerprint density at radius 2 is 1.87 bits per heavy atom. The van der Waals surface area contributed by atoms with E-state index in [1.54, 1.807) is 41.3 Å². The Balaban J connectivity index is 1.61. The normalized spacial score (nSPS) is 16.0. The monoisotopic (exact) mass is 411 g/mol. The molecule has 1 aliphatic rings. The topological polar surface area (TPSA) is 111 Å². The van der Waals surface area contributed by atoms with Gasteiger partial charge in [0.2, 0.25) is 11.8 Å². The number of ether oxygens (including phenoxy) is 2. The first-order chi connectivity index (χ1) is 14.4. The number of nitrogens with one attached hydrogen (secondary N) is 1. The molecule has 0 saturated carbocycles. The van der Waals surface area contributed by atoms with Crippen molar-refractivity contribution in [2.45, 2.75) is 12.5 Å². The van der Waals surface area contributed by atoms with E-state index in [4.69, 9.17) is 9.47 Å². The van der Waals surface area contributed by atoms with E-state index in [1.807, 2.05) is 0 Å². The van der Waals surface area contributed by atoms with Crippen LogP contribution < -0.4 is 19.7 Å². The third kappa shape index (κ3) is 4.75. The summed E-state index contributed by atoms with van der Waals surface area (Å²) < 4.78 is 10.5. The highest BCUT2D eigenvalue weighted by atomic mass is 16.6. The fourth-order valence-corrected chi connectivity index (χ4v) is 3.17. The van der Waals surface area contributed by atoms with Gasteiger partial charge in [0.25, 0.3) is 5.69 Å². The second kappa shape index (κ2) is 9.08. The number of benzene rings is 2. The molecule has 0 aliphatic carbocycles. The van der Waals surface area contributed by atoms with Gasteiger partial charge in [-0.05, 0) is 35.9 Å². The maximum atomic E-state index is 12.4. The molecule has 156 valence electrons. The van der Waals surface area contributed by atoms with Crippen LogP contribution in [-0.2, 0) is 9.59 Å². The summed E-state index contributed by atoms with van der Waals surface area (Å²) in [5, 5.41) is 13.5. The number of hydrogen-bond donors (Lipinski definition) is 1. The molecule has 0 radical (unpaired) electrons. The average Bonchev–Trinajstić information content (AvgIpc) is 3.11. The standard InChI is InChI=1S/C21H21N3O6/c1-29-18-9-8-17(12-19(18)30-2)23-13-15(11-21(23)26)22-20(25)10-5-14-3-6-16(7-4-14)24(27)28/h3-10,12,15H,11,13H2,1-2H3,(H,22,25)/b10-5-/t15-/m0/s1. The fourth-order valence-electron chi connectivity index (χ4n) is 3.17. The number of nitro benzene ring substituents is 1. The van der Waals surface area contributed by atoms with E-state index in [2.05, 4.69) is 5.32 Å². The van der Waals surface area contributed by atoms with E-state index in [-0.39, 0.29) is 30.0 Å². The number of hydrogen-bond acceptors (Lipinski definition) is 6. The zero-order valence-corrected chi connectivity index (χ0v) is 16.5. The molecule has 2 aromatic carbocycles. The van der Waals surface area contributed by atoms with Gasteiger partial charge in [-0.1, -0.05) is 0 Å². The molecule has 1 atom stereocenters. The van der Waals surface area contributed by atoms with Crippen molar-refractivity contribution in [1.82, 2.24) is 5.32 Å². The summed E-state index contributed by atoms with van der Waals surface area (Å²) >= 11 is 0. The summed E-state index contributed by atoms with van der Waals surface area (Å²) in [6.45, 7) is 0.339. The van der Waals surface area contributed by atoms with Gasteiger partial charge in [0, 0.05) is 42.9 Å². The molecule has 2 aromatic rings. The molecule has 1 N–H and O–H groups in total. The first-order valence-electron chi connectivity index (χ1n) is 9.16. The molecule has 1 fully saturated rings. The lowest BCUT2D eigenvalue weighted by Crippen LogP contribution is -2.36. The smallest absolute Gasteiger partial charge is 0.269 e. The molecule has 0 bridgehead atoms. The van der Waals surface area contributed by atoms with Gasteiger partial charge in [-0.3, -0.25) is 19.7 Å². The molecule has 2 amide bonds. The second-order valence-electron chi connectivity index (χ2n) is 6.64. The maximum absolute atomic E-state index is 12.4. The molecule has 1 heterocycles. The van der Waals surface area contributed by atoms with Crippen LogP contribution in [0, 0.1) is 10.1 Å². The molecular formula is C21H21N3O6. The Morgan fingerprint density at radius 3 is 2.50 bits per heavy atom. The number of nitro groups is 1. The Bertz CT molecular complexity index is 987. The molecule has 3 rings (SSSR count). The third-order valence-corrected chi connectivity index (χ3v) is 4.68. The van der Waals surface area contributed by atoms with E-state index < -0.39 is 4.92 Å². The number of anilines is 1. The number of carbonyl (C=O) groups excluding carboxylic acids is 2. The van der Waals surface area contributed by atoms with Crippen molar-refractivity contribution in [3.05, 3.63) is 64.2 Å². The molecular weight excluding hydrogens is 390 g/mol. The highest BCUT2D eigenvalue weighted by Gasteiger charge is 2.31. The zero-order valence-electron chi connectivity index (χ0n) is 16.5. The molecule has 1 aliphatic heterocycles. The Morgan fingerprint density at radius 1 is 1.17 bits per heavy atom. The van der Waals surface area contributed by atoms with Crippen molar-refractivity contribution >= 4 is 29.3 Å². The average molecular weight is 411 g/mol. The number of non-ortho nitro benzene ring substituents is 1. The largest absolute Gasteiger partial charge is 0.493 e. The fraction of sp³-hybridized carbons (Fsp3) is 0.238. The zero-order chi connectivity index (χ0) is 21.7. The number of carbonyl (C=O) groups is 2. The van der Waals surface area contributed by atoms with Crippen molar-refractivity contribution in [3.8, 4) is 11.5 Å². The lowest BCUT2D eigenvalue weighted by Gasteiger charge is -2.18. The van der Waals surface area contributed by atoms with Crippen LogP contribution in [0.3, 0.4) is 0 Å². The highest BCUT2D eigenvalue weighted by molar-refractivity contribution is 5.98. The predicted octanol–water partition coefficient (Wildman–Crippen LogP) is 2.55. The van der Waals surface area contributed by atoms with Gasteiger partial charge in [0.15, 0.2) is 11.5 Å². The summed E-state index contributed by atoms with van der Waals surface area (Å²) in [5.41, 5.74) is 1.30. The molecule has 9 heteroatoms. The van der Waals surface area contributed by atoms with E-state index in [0.717, 1.165) is 0 Å². The molecule has 0 spiro atoms. The molecule has 0 aromatic heterocycles. The van der Waals surface area contributed by atoms with Crippen LogP contribution >= 0.6 is 0 Å². The second-order valence-corrected chi connectivity index (χ2v) is 6.64. The summed E-state index contributed by atoms with van der Waals surface area (Å²) in [6, 6.07) is 10.7. The van der Waals surface area contributed by atoms with Crippen LogP contribution in [-0.4, -0.2) is 43.5 Å². The summed E-state index contributed by atoms with van der Waals surface area (Å²) in [6.07, 6.45) is 3.08. The SMILES string of the molecule is COc1ccc(N2C[C@@H](NC(=O)/C=C\c3ccc([N+](=O)[O-])cc3)CC2=O)cc1OC. The first-order valence-corrected chi connectivity index (χ1v) is 9.16. The minimum Gasteiger partial charge on any atom is -0.493 e. The van der Waals surface area contributed by atoms with Crippen molar-refractivity contribution < 1.29 is 24.0 Å². The van der Waals surface area contributed by atoms with Crippen molar-refractivity contribution in [2.75, 3.05) is 25.7 Å². The summed E-state index contributed by atoms with van der Waals surface area (Å²) in [5.74, 6) is 0.627. The number of amides is 2. The number of rotatable bonds is 7. The van der Waals surface area contributed by atoms with Gasteiger partial charge in [-0.25, -0.2) is 0 Å². The van der Waals surface area contributed by atoms with Gasteiger partial charge < -0.3 is 19.7 Å². The molecule has 30 heavy (non-hydrogen) atoms. The van der Waals surface area contributed by atoms with E-state index >= 15 is 0 Å². The van der Waals surface area contributed by atoms with Gasteiger partial charge >= 0.3 is 0 Å². The highest BCUT2D eigenvalue weighted by Crippen LogP contribution is 2.33. The van der Waals surface area contributed by atoms with Crippen molar-refractivity contribution in [1.29, 1.82) is 0 Å². The minimum absolute atomic E-state index is 0.0173. The van der Waals surface area contributed by atoms with Crippen LogP contribution in [0.1, 0.15) is 12.0 Å². The van der Waals surface area contributed by atoms with Gasteiger partial charge in [0.1, 0.15) is 0 Å². The molecule has 0 unspecified atom stereocenters. The summed E-state index contributed by atoms with van der Waals surface area (Å²) in [7, 11) is 3.06. The van der Waals surface area contributed by atoms with Gasteiger partial charge in [-0.15, -0.1) is 0 Å².